The Bertz CT molecular complexity index is 536. The summed E-state index contributed by atoms with van der Waals surface area (Å²) in [5.74, 6) is 0.320. The minimum Gasteiger partial charge on any atom is -0.392 e. The maximum absolute atomic E-state index is 8.95. The molecule has 2 aromatic rings. The molecule has 2 aromatic carbocycles. The second-order valence-corrected chi connectivity index (χ2v) is 4.09. The molecule has 0 heterocycles. The van der Waals surface area contributed by atoms with Crippen molar-refractivity contribution >= 4 is 5.84 Å². The van der Waals surface area contributed by atoms with Crippen molar-refractivity contribution in [2.45, 2.75) is 13.2 Å². The quantitative estimate of drug-likeness (QED) is 0.488. The van der Waals surface area contributed by atoms with Crippen LogP contribution in [0.15, 0.2) is 59.8 Å². The normalized spacial score (nSPS) is 11.3. The average molecular weight is 256 g/mol. The number of benzene rings is 2. The van der Waals surface area contributed by atoms with Crippen LogP contribution in [0, 0.1) is 0 Å². The summed E-state index contributed by atoms with van der Waals surface area (Å²) in [5.41, 5.74) is 8.45. The number of amidine groups is 1. The van der Waals surface area contributed by atoms with Crippen LogP contribution in [0.4, 0.5) is 0 Å². The molecule has 0 aliphatic rings. The minimum atomic E-state index is 0.0157. The van der Waals surface area contributed by atoms with Gasteiger partial charge in [-0.05, 0) is 11.1 Å². The Labute approximate surface area is 112 Å². The summed E-state index contributed by atoms with van der Waals surface area (Å²) in [7, 11) is 0. The first-order chi connectivity index (χ1) is 9.29. The van der Waals surface area contributed by atoms with Crippen molar-refractivity contribution in [3.8, 4) is 0 Å². The van der Waals surface area contributed by atoms with E-state index >= 15 is 0 Å². The lowest BCUT2D eigenvalue weighted by atomic mass is 10.1. The zero-order valence-corrected chi connectivity index (χ0v) is 10.5. The number of nitrogens with zero attached hydrogens (tertiary/aromatic N) is 1. The third-order valence-corrected chi connectivity index (χ3v) is 2.67. The molecule has 0 aliphatic carbocycles. The molecule has 4 nitrogen and oxygen atoms in total. The van der Waals surface area contributed by atoms with Crippen LogP contribution in [0.1, 0.15) is 16.7 Å². The van der Waals surface area contributed by atoms with Crippen molar-refractivity contribution in [3.63, 3.8) is 0 Å². The van der Waals surface area contributed by atoms with Crippen molar-refractivity contribution in [1.82, 2.24) is 0 Å². The molecular weight excluding hydrogens is 240 g/mol. The first-order valence-electron chi connectivity index (χ1n) is 5.99. The van der Waals surface area contributed by atoms with Gasteiger partial charge in [0.05, 0.1) is 6.61 Å². The Hall–Kier alpha value is -2.33. The van der Waals surface area contributed by atoms with Gasteiger partial charge in [0.15, 0.2) is 5.84 Å². The number of aliphatic hydroxyl groups excluding tert-OH is 1. The van der Waals surface area contributed by atoms with Crippen LogP contribution in [0.3, 0.4) is 0 Å². The molecule has 98 valence electrons. The van der Waals surface area contributed by atoms with Crippen molar-refractivity contribution in [2.24, 2.45) is 10.9 Å². The van der Waals surface area contributed by atoms with E-state index in [1.165, 1.54) is 0 Å². The van der Waals surface area contributed by atoms with Crippen LogP contribution in [0.25, 0.3) is 0 Å². The molecule has 4 heteroatoms. The van der Waals surface area contributed by atoms with Crippen molar-refractivity contribution in [1.29, 1.82) is 0 Å². The minimum absolute atomic E-state index is 0.0157. The molecule has 0 amide bonds. The van der Waals surface area contributed by atoms with Gasteiger partial charge >= 0.3 is 0 Å². The second kappa shape index (κ2) is 6.56. The van der Waals surface area contributed by atoms with Crippen LogP contribution in [0.2, 0.25) is 0 Å². The second-order valence-electron chi connectivity index (χ2n) is 4.09. The van der Waals surface area contributed by atoms with E-state index < -0.39 is 0 Å². The number of nitrogens with two attached hydrogens (primary N) is 1. The van der Waals surface area contributed by atoms with Crippen molar-refractivity contribution < 1.29 is 9.94 Å². The van der Waals surface area contributed by atoms with E-state index in [1.54, 1.807) is 24.3 Å². The summed E-state index contributed by atoms with van der Waals surface area (Å²) in [4.78, 5) is 5.21. The standard InChI is InChI=1S/C15H16N2O2/c16-15(14-8-6-12(10-18)7-9-14)17-19-11-13-4-2-1-3-5-13/h1-9,18H,10-11H2,(H2,16,17). The van der Waals surface area contributed by atoms with E-state index in [-0.39, 0.29) is 6.61 Å². The summed E-state index contributed by atoms with van der Waals surface area (Å²) >= 11 is 0. The highest BCUT2D eigenvalue weighted by Crippen LogP contribution is 2.05. The zero-order valence-electron chi connectivity index (χ0n) is 10.5. The predicted octanol–water partition coefficient (Wildman–Crippen LogP) is 2.02. The predicted molar refractivity (Wildman–Crippen MR) is 74.3 cm³/mol. The van der Waals surface area contributed by atoms with E-state index in [9.17, 15) is 0 Å². The maximum atomic E-state index is 8.95. The van der Waals surface area contributed by atoms with Gasteiger partial charge < -0.3 is 15.7 Å². The van der Waals surface area contributed by atoms with Crippen molar-refractivity contribution in [2.75, 3.05) is 0 Å². The summed E-state index contributed by atoms with van der Waals surface area (Å²) in [6.07, 6.45) is 0. The highest BCUT2D eigenvalue weighted by molar-refractivity contribution is 5.97. The molecule has 0 saturated carbocycles. The molecule has 0 aromatic heterocycles. The Kier molecular flexibility index (Phi) is 4.53. The van der Waals surface area contributed by atoms with E-state index in [4.69, 9.17) is 15.7 Å². The van der Waals surface area contributed by atoms with Gasteiger partial charge in [0.2, 0.25) is 0 Å². The Morgan fingerprint density at radius 1 is 1.00 bits per heavy atom. The summed E-state index contributed by atoms with van der Waals surface area (Å²) < 4.78 is 0. The molecule has 3 N–H and O–H groups in total. The molecule has 0 aliphatic heterocycles. The summed E-state index contributed by atoms with van der Waals surface area (Å²) in [5, 5.41) is 12.8. The molecule has 19 heavy (non-hydrogen) atoms. The van der Waals surface area contributed by atoms with Gasteiger partial charge in [0.1, 0.15) is 6.61 Å². The number of hydrogen-bond donors (Lipinski definition) is 2. The molecular formula is C15H16N2O2. The van der Waals surface area contributed by atoms with E-state index in [0.29, 0.717) is 12.4 Å². The number of aliphatic hydroxyl groups is 1. The molecule has 0 saturated heterocycles. The third kappa shape index (κ3) is 3.82. The van der Waals surface area contributed by atoms with Crippen LogP contribution in [0.5, 0.6) is 0 Å². The SMILES string of the molecule is NC(=NOCc1ccccc1)c1ccc(CO)cc1. The van der Waals surface area contributed by atoms with Gasteiger partial charge in [-0.3, -0.25) is 0 Å². The third-order valence-electron chi connectivity index (χ3n) is 2.67. The fraction of sp³-hybridized carbons (Fsp3) is 0.133. The summed E-state index contributed by atoms with van der Waals surface area (Å²) in [6, 6.07) is 17.0. The van der Waals surface area contributed by atoms with Crippen LogP contribution in [-0.4, -0.2) is 10.9 Å². The van der Waals surface area contributed by atoms with Crippen LogP contribution >= 0.6 is 0 Å². The monoisotopic (exact) mass is 256 g/mol. The van der Waals surface area contributed by atoms with Gasteiger partial charge in [-0.2, -0.15) is 0 Å². The first kappa shape index (κ1) is 13.1. The van der Waals surface area contributed by atoms with Gasteiger partial charge in [-0.15, -0.1) is 0 Å². The van der Waals surface area contributed by atoms with Gasteiger partial charge in [0, 0.05) is 5.56 Å². The largest absolute Gasteiger partial charge is 0.392 e. The lowest BCUT2D eigenvalue weighted by Gasteiger charge is -2.03. The highest BCUT2D eigenvalue weighted by atomic mass is 16.6. The fourth-order valence-corrected chi connectivity index (χ4v) is 1.58. The van der Waals surface area contributed by atoms with Crippen LogP contribution in [-0.2, 0) is 18.1 Å². The van der Waals surface area contributed by atoms with E-state index in [1.807, 2.05) is 30.3 Å². The fourth-order valence-electron chi connectivity index (χ4n) is 1.58. The maximum Gasteiger partial charge on any atom is 0.170 e. The molecule has 0 atom stereocenters. The molecule has 0 unspecified atom stereocenters. The first-order valence-corrected chi connectivity index (χ1v) is 5.99. The molecule has 0 spiro atoms. The average Bonchev–Trinajstić information content (AvgIpc) is 2.48. The van der Waals surface area contributed by atoms with Crippen LogP contribution < -0.4 is 5.73 Å². The van der Waals surface area contributed by atoms with Gasteiger partial charge in [0.25, 0.3) is 0 Å². The number of hydrogen-bond acceptors (Lipinski definition) is 3. The Morgan fingerprint density at radius 2 is 1.68 bits per heavy atom. The number of rotatable bonds is 5. The molecule has 2 rings (SSSR count). The summed E-state index contributed by atoms with van der Waals surface area (Å²) in [6.45, 7) is 0.401. The topological polar surface area (TPSA) is 67.8 Å². The molecule has 0 radical (unpaired) electrons. The Balaban J connectivity index is 1.94. The van der Waals surface area contributed by atoms with Gasteiger partial charge in [-0.1, -0.05) is 59.8 Å². The smallest absolute Gasteiger partial charge is 0.170 e. The zero-order chi connectivity index (χ0) is 13.5. The Morgan fingerprint density at radius 3 is 2.32 bits per heavy atom. The molecule has 0 fully saturated rings. The van der Waals surface area contributed by atoms with Crippen molar-refractivity contribution in [3.05, 3.63) is 71.3 Å². The lowest BCUT2D eigenvalue weighted by molar-refractivity contribution is 0.130. The lowest BCUT2D eigenvalue weighted by Crippen LogP contribution is -2.13. The van der Waals surface area contributed by atoms with E-state index in [2.05, 4.69) is 5.16 Å². The highest BCUT2D eigenvalue weighted by Gasteiger charge is 1.99. The van der Waals surface area contributed by atoms with E-state index in [0.717, 1.165) is 16.7 Å². The molecule has 0 bridgehead atoms. The number of oxime groups is 1. The van der Waals surface area contributed by atoms with Gasteiger partial charge in [-0.25, -0.2) is 0 Å².